The lowest BCUT2D eigenvalue weighted by atomic mass is 9.70. The standard InChI is InChI=1S/C10H21N.2C9H19N.2C8H17N.2C7H15NO.2C7H15N.C6H13NO.2CH4/c1-8(2)11-10(3,4)9-6-5-7-9;1-8(2)10-7-9(3)5-4-6-9;1-7(2)10-8(3)9-5-4-6-9;2*1-7(2)9-6-8-4-3-5-8;1-6(2)8-7(3)4-9-5-7;1-6(2)8-3-7-4-9-5-7;2*1-6(2)8-7-4-3-5-7;1-5(2)7-6-3-8-4-6;;/h8-9,11H,5-7H2,1-4H3;8,10H,4-7H2,1-3H3;7-10H,4-6H2,1-3H3;2*7-9H,3-6H2,1-2H3;6,8H,4-5H2,1-3H3;6-8H,3-5H2,1-2H3;2*6-8H,3-5H2,1-2H3;5-7H,3-4H2,1-2H3;2*1H4. The maximum Gasteiger partial charge on any atom is 0.0669 e. The lowest BCUT2D eigenvalue weighted by Gasteiger charge is -2.42. The van der Waals surface area contributed by atoms with Crippen LogP contribution < -0.4 is 53.2 Å². The summed E-state index contributed by atoms with van der Waals surface area (Å²) >= 11 is 0. The summed E-state index contributed by atoms with van der Waals surface area (Å²) in [5, 5.41) is 34.7. The first-order chi connectivity index (χ1) is 42.7. The van der Waals surface area contributed by atoms with E-state index in [2.05, 4.69) is 226 Å². The Balaban J connectivity index is 0. The van der Waals surface area contributed by atoms with Crippen molar-refractivity contribution >= 4 is 0 Å². The largest absolute Gasteiger partial charge is 0.381 e. The molecule has 93 heavy (non-hydrogen) atoms. The van der Waals surface area contributed by atoms with Crippen molar-refractivity contribution in [2.75, 3.05) is 65.8 Å². The minimum Gasteiger partial charge on any atom is -0.381 e. The van der Waals surface area contributed by atoms with E-state index in [4.69, 9.17) is 14.2 Å². The number of nitrogens with one attached hydrogen (secondary N) is 10. The molecule has 1 unspecified atom stereocenters. The molecule has 13 heteroatoms. The van der Waals surface area contributed by atoms with Gasteiger partial charge < -0.3 is 67.4 Å². The molecule has 10 rings (SSSR count). The van der Waals surface area contributed by atoms with Gasteiger partial charge in [-0.15, -0.1) is 0 Å². The second-order valence-electron chi connectivity index (χ2n) is 34.1. The molecule has 0 bridgehead atoms. The summed E-state index contributed by atoms with van der Waals surface area (Å²) in [4.78, 5) is 0. The second-order valence-corrected chi connectivity index (χ2v) is 34.1. The predicted molar refractivity (Wildman–Crippen MR) is 414 cm³/mol. The van der Waals surface area contributed by atoms with Gasteiger partial charge in [0.05, 0.1) is 51.2 Å². The molecule has 10 fully saturated rings. The lowest BCUT2D eigenvalue weighted by molar-refractivity contribution is -0.0676. The van der Waals surface area contributed by atoms with Gasteiger partial charge in [-0.3, -0.25) is 0 Å². The van der Waals surface area contributed by atoms with Gasteiger partial charge in [0.25, 0.3) is 0 Å². The van der Waals surface area contributed by atoms with E-state index in [1.165, 1.54) is 154 Å². The summed E-state index contributed by atoms with van der Waals surface area (Å²) < 4.78 is 15.1. The molecule has 7 aliphatic carbocycles. The minimum absolute atomic E-state index is 0. The van der Waals surface area contributed by atoms with Crippen LogP contribution in [0, 0.1) is 35.0 Å². The molecule has 562 valence electrons. The summed E-state index contributed by atoms with van der Waals surface area (Å²) in [5.41, 5.74) is 1.28. The van der Waals surface area contributed by atoms with Crippen LogP contribution in [0.2, 0.25) is 0 Å². The molecule has 10 N–H and O–H groups in total. The summed E-state index contributed by atoms with van der Waals surface area (Å²) in [6, 6.07) is 9.50. The molecule has 0 spiro atoms. The van der Waals surface area contributed by atoms with E-state index in [1.54, 1.807) is 0 Å². The summed E-state index contributed by atoms with van der Waals surface area (Å²) in [7, 11) is 0. The highest BCUT2D eigenvalue weighted by atomic mass is 16.5. The second kappa shape index (κ2) is 53.4. The fraction of sp³-hybridized carbons (Fsp3) is 1.00. The van der Waals surface area contributed by atoms with E-state index in [0.717, 1.165) is 93.9 Å². The fourth-order valence-corrected chi connectivity index (χ4v) is 12.1. The summed E-state index contributed by atoms with van der Waals surface area (Å²) in [6.45, 7) is 65.7. The normalized spacial score (nSPS) is 21.1. The third kappa shape index (κ3) is 50.5. The molecular weight excluding hydrogens is 1150 g/mol. The van der Waals surface area contributed by atoms with Gasteiger partial charge in [-0.2, -0.15) is 0 Å². The van der Waals surface area contributed by atoms with Gasteiger partial charge in [0, 0.05) is 103 Å². The molecule has 13 nitrogen and oxygen atoms in total. The average molecular weight is 1320 g/mol. The van der Waals surface area contributed by atoms with Crippen LogP contribution in [0.15, 0.2) is 0 Å². The van der Waals surface area contributed by atoms with Crippen molar-refractivity contribution in [3.63, 3.8) is 0 Å². The molecule has 0 amide bonds. The lowest BCUT2D eigenvalue weighted by Crippen LogP contribution is -2.60. The molecule has 3 saturated heterocycles. The van der Waals surface area contributed by atoms with Crippen molar-refractivity contribution in [2.45, 2.75) is 418 Å². The first-order valence-corrected chi connectivity index (χ1v) is 39.0. The Morgan fingerprint density at radius 1 is 0.376 bits per heavy atom. The molecule has 0 radical (unpaired) electrons. The quantitative estimate of drug-likeness (QED) is 0.0401. The van der Waals surface area contributed by atoms with E-state index < -0.39 is 0 Å². The molecular formula is C80H174N10O3. The molecule has 1 atom stereocenters. The van der Waals surface area contributed by atoms with E-state index in [-0.39, 0.29) is 20.4 Å². The zero-order chi connectivity index (χ0) is 68.6. The number of hydrogen-bond acceptors (Lipinski definition) is 13. The zero-order valence-corrected chi connectivity index (χ0v) is 65.6. The predicted octanol–water partition coefficient (Wildman–Crippen LogP) is 16.6. The first kappa shape index (κ1) is 94.5. The minimum atomic E-state index is 0. The van der Waals surface area contributed by atoms with E-state index in [0.29, 0.717) is 77.4 Å². The number of ether oxygens (including phenoxy) is 3. The Morgan fingerprint density at radius 2 is 0.753 bits per heavy atom. The first-order valence-electron chi connectivity index (χ1n) is 39.0. The van der Waals surface area contributed by atoms with Crippen molar-refractivity contribution in [1.82, 2.24) is 53.2 Å². The van der Waals surface area contributed by atoms with E-state index in [1.807, 2.05) is 0 Å². The van der Waals surface area contributed by atoms with Gasteiger partial charge in [-0.05, 0) is 160 Å². The smallest absolute Gasteiger partial charge is 0.0669 e. The van der Waals surface area contributed by atoms with Crippen LogP contribution in [0.4, 0.5) is 0 Å². The Bertz CT molecular complexity index is 1540. The van der Waals surface area contributed by atoms with Crippen molar-refractivity contribution in [3.8, 4) is 0 Å². The monoisotopic (exact) mass is 1320 g/mol. The van der Waals surface area contributed by atoms with Gasteiger partial charge in [-0.25, -0.2) is 0 Å². The van der Waals surface area contributed by atoms with Gasteiger partial charge in [0.1, 0.15) is 0 Å². The molecule has 10 aliphatic rings. The summed E-state index contributed by atoms with van der Waals surface area (Å²) in [5.74, 6) is 4.69. The third-order valence-electron chi connectivity index (χ3n) is 19.4. The number of rotatable bonds is 26. The Hall–Kier alpha value is -0.520. The zero-order valence-electron chi connectivity index (χ0n) is 65.6. The van der Waals surface area contributed by atoms with Crippen LogP contribution in [0.1, 0.15) is 323 Å². The number of hydrogen-bond donors (Lipinski definition) is 10. The topological polar surface area (TPSA) is 148 Å². The fourth-order valence-electron chi connectivity index (χ4n) is 12.1. The van der Waals surface area contributed by atoms with Crippen LogP contribution in [0.25, 0.3) is 0 Å². The Labute approximate surface area is 583 Å². The maximum atomic E-state index is 5.08. The molecule has 3 heterocycles. The van der Waals surface area contributed by atoms with Crippen LogP contribution in [0.3, 0.4) is 0 Å². The van der Waals surface area contributed by atoms with Gasteiger partial charge >= 0.3 is 0 Å². The molecule has 0 aromatic heterocycles. The Kier molecular flexibility index (Phi) is 54.2. The van der Waals surface area contributed by atoms with Crippen LogP contribution in [-0.2, 0) is 14.2 Å². The van der Waals surface area contributed by atoms with Gasteiger partial charge in [0.2, 0.25) is 0 Å². The third-order valence-corrected chi connectivity index (χ3v) is 19.4. The molecule has 0 aromatic carbocycles. The average Bonchev–Trinajstić information content (AvgIpc) is 0.893. The van der Waals surface area contributed by atoms with Crippen LogP contribution in [0.5, 0.6) is 0 Å². The van der Waals surface area contributed by atoms with Gasteiger partial charge in [-0.1, -0.05) is 205 Å². The van der Waals surface area contributed by atoms with Crippen LogP contribution in [-0.4, -0.2) is 161 Å². The van der Waals surface area contributed by atoms with Crippen molar-refractivity contribution in [2.24, 2.45) is 35.0 Å². The highest BCUT2D eigenvalue weighted by molar-refractivity contribution is 4.92. The SMILES string of the molecule is C.C.CC(C)NC(C)(C)C1CCC1.CC(C)NC(C)C1CCC1.CC(C)NC1(C)COC1.CC(C)NC1CCC1.CC(C)NC1CCC1.CC(C)NC1COC1.CC(C)NCC1(C)CCC1.CC(C)NCC1CCC1.CC(C)NCC1CCC1.CC(C)NCC1COC1. The Morgan fingerprint density at radius 3 is 0.935 bits per heavy atom. The highest BCUT2D eigenvalue weighted by Crippen LogP contribution is 2.39. The molecule has 7 saturated carbocycles. The van der Waals surface area contributed by atoms with Crippen molar-refractivity contribution in [1.29, 1.82) is 0 Å². The van der Waals surface area contributed by atoms with Crippen LogP contribution >= 0.6 is 0 Å². The van der Waals surface area contributed by atoms with E-state index in [9.17, 15) is 0 Å². The van der Waals surface area contributed by atoms with Crippen molar-refractivity contribution in [3.05, 3.63) is 0 Å². The van der Waals surface area contributed by atoms with Gasteiger partial charge in [0.15, 0.2) is 0 Å². The highest BCUT2D eigenvalue weighted by Gasteiger charge is 2.35. The molecule has 0 aromatic rings. The molecule has 3 aliphatic heterocycles. The maximum absolute atomic E-state index is 5.08. The van der Waals surface area contributed by atoms with E-state index >= 15 is 0 Å². The summed E-state index contributed by atoms with van der Waals surface area (Å²) in [6.07, 6.45) is 30.1. The van der Waals surface area contributed by atoms with Crippen molar-refractivity contribution < 1.29 is 14.2 Å².